The lowest BCUT2D eigenvalue weighted by Crippen LogP contribution is -2.51. The fraction of sp³-hybridized carbons (Fsp3) is 0.581. The molecule has 7 N–H and O–H groups in total. The Morgan fingerprint density at radius 1 is 1.19 bits per heavy atom. The molecular formula is C31H43N9O16P2. The fourth-order valence-corrected chi connectivity index (χ4v) is 8.32. The largest absolute Gasteiger partial charge is 0.477 e. The number of aliphatic hydroxyl groups excluding tert-OH is 1. The number of rotatable bonds is 11. The highest BCUT2D eigenvalue weighted by atomic mass is 31.2. The van der Waals surface area contributed by atoms with Gasteiger partial charge in [-0.15, -0.1) is 6.58 Å². The second kappa shape index (κ2) is 17.2. The van der Waals surface area contributed by atoms with Gasteiger partial charge in [-0.3, -0.25) is 32.0 Å². The average Bonchev–Trinajstić information content (AvgIpc) is 3.83. The molecule has 3 unspecified atom stereocenters. The Morgan fingerprint density at radius 3 is 2.66 bits per heavy atom. The molecule has 6 rings (SSSR count). The maximum absolute atomic E-state index is 14.8. The lowest BCUT2D eigenvalue weighted by Gasteiger charge is -2.35. The number of hydrogen-bond donors (Lipinski definition) is 5. The van der Waals surface area contributed by atoms with E-state index >= 15 is 0 Å². The highest BCUT2D eigenvalue weighted by molar-refractivity contribution is 7.48. The van der Waals surface area contributed by atoms with Gasteiger partial charge in [0.2, 0.25) is 5.91 Å². The van der Waals surface area contributed by atoms with Gasteiger partial charge >= 0.3 is 27.3 Å². The molecule has 318 valence electrons. The van der Waals surface area contributed by atoms with E-state index in [-0.39, 0.29) is 35.6 Å². The summed E-state index contributed by atoms with van der Waals surface area (Å²) in [5.74, 6) is -3.46. The van der Waals surface area contributed by atoms with Crippen LogP contribution in [0.15, 0.2) is 42.4 Å². The molecule has 3 aromatic heterocycles. The Balaban J connectivity index is 1.35. The zero-order valence-electron chi connectivity index (χ0n) is 31.3. The molecule has 6 heterocycles. The average molecular weight is 860 g/mol. The number of aromatic nitrogens is 6. The number of nitrogen functional groups attached to an aromatic ring is 2. The van der Waals surface area contributed by atoms with Crippen molar-refractivity contribution in [3.8, 4) is 0 Å². The number of allylic oxidation sites excluding steroid dienone is 1. The summed E-state index contributed by atoms with van der Waals surface area (Å²) in [5.41, 5.74) is 11.1. The van der Waals surface area contributed by atoms with Gasteiger partial charge in [0.25, 0.3) is 0 Å². The van der Waals surface area contributed by atoms with E-state index in [2.05, 4.69) is 31.0 Å². The topological polar surface area (TPSA) is 337 Å². The van der Waals surface area contributed by atoms with Gasteiger partial charge in [-0.05, 0) is 26.3 Å². The smallest absolute Gasteiger partial charge is 0.455 e. The summed E-state index contributed by atoms with van der Waals surface area (Å²) in [6, 6.07) is -0.140. The summed E-state index contributed by atoms with van der Waals surface area (Å²) in [4.78, 5) is 75.6. The normalized spacial score (nSPS) is 30.6. The monoisotopic (exact) mass is 859 g/mol. The van der Waals surface area contributed by atoms with E-state index in [0.717, 1.165) is 15.8 Å². The number of carbonyl (C=O) groups is 2. The number of phosphoric ester groups is 2. The molecule has 3 aliphatic rings. The van der Waals surface area contributed by atoms with E-state index in [1.807, 2.05) is 0 Å². The maximum atomic E-state index is 14.8. The first-order valence-electron chi connectivity index (χ1n) is 17.6. The zero-order valence-corrected chi connectivity index (χ0v) is 33.1. The minimum atomic E-state index is -5.08. The number of likely N-dealkylation sites (N-methyl/N-ethyl adjacent to an activating group) is 1. The summed E-state index contributed by atoms with van der Waals surface area (Å²) in [6.07, 6.45) is -4.85. The molecule has 0 saturated carbocycles. The van der Waals surface area contributed by atoms with Gasteiger partial charge in [0.05, 0.1) is 26.1 Å². The SMILES string of the molecule is C=CCCC(=O)N(C)[C@H]1COC(C)(C)OP(=O)(O[C@H]2C[C@H](n3ccc(N)nc3=O)OC2COP(=O)(O)O)OCC2O[C@@H](n3cnc4c(N)ncnc43)[C@H](O)[C@@H]2OC1=O. The summed E-state index contributed by atoms with van der Waals surface area (Å²) < 4.78 is 74.9. The summed E-state index contributed by atoms with van der Waals surface area (Å²) in [5, 5.41) is 11.7. The molecule has 3 aromatic rings. The number of amides is 1. The number of carbonyl (C=O) groups excluding carboxylic acids is 2. The lowest BCUT2D eigenvalue weighted by molar-refractivity contribution is -0.197. The zero-order chi connectivity index (χ0) is 42.2. The Kier molecular flexibility index (Phi) is 12.8. The Bertz CT molecular complexity index is 2170. The van der Waals surface area contributed by atoms with Crippen molar-refractivity contribution in [2.45, 2.75) is 87.9 Å². The molecule has 3 saturated heterocycles. The third-order valence-corrected chi connectivity index (χ3v) is 11.4. The number of aliphatic hydroxyl groups is 1. The van der Waals surface area contributed by atoms with Crippen molar-refractivity contribution in [2.75, 3.05) is 38.3 Å². The van der Waals surface area contributed by atoms with Gasteiger partial charge in [-0.25, -0.2) is 33.7 Å². The minimum absolute atomic E-state index is 0.0188. The molecule has 1 amide bonds. The van der Waals surface area contributed by atoms with E-state index in [0.29, 0.717) is 6.42 Å². The minimum Gasteiger partial charge on any atom is -0.455 e. The van der Waals surface area contributed by atoms with Crippen LogP contribution in [0.1, 0.15) is 45.6 Å². The predicted molar refractivity (Wildman–Crippen MR) is 195 cm³/mol. The number of ether oxygens (including phenoxy) is 4. The second-order valence-corrected chi connectivity index (χ2v) is 16.6. The van der Waals surface area contributed by atoms with Crippen LogP contribution in [0.5, 0.6) is 0 Å². The molecule has 3 aliphatic heterocycles. The van der Waals surface area contributed by atoms with Crippen LogP contribution >= 0.6 is 15.6 Å². The Hall–Kier alpha value is -4.23. The van der Waals surface area contributed by atoms with Gasteiger partial charge in [0.15, 0.2) is 35.6 Å². The standard InChI is InChI=1S/C31H43N9O16P2/c1-5-6-7-21(41)38(4)16-11-49-31(2,3)56-58(48,55-17-10-22(39-9-8-20(32)37-30(39)44)52-18(17)12-50-57(45,46)47)51-13-19-25(54-29(16)43)24(42)28(53-19)40-15-36-23-26(33)34-14-35-27(23)40/h5,8-9,14-19,22,24-25,28,42H,1,6-7,10-13H2,2-4H3,(H2,32,37,44)(H2,33,34,35)(H2,45,46,47)/t16-,17-,18?,19?,22+,24+,25+,28+,58?/m0/s1. The summed E-state index contributed by atoms with van der Waals surface area (Å²) in [7, 11) is -8.73. The van der Waals surface area contributed by atoms with E-state index in [1.165, 1.54) is 50.1 Å². The van der Waals surface area contributed by atoms with Crippen LogP contribution in [0.2, 0.25) is 0 Å². The van der Waals surface area contributed by atoms with E-state index in [9.17, 15) is 38.4 Å². The molecule has 3 fully saturated rings. The van der Waals surface area contributed by atoms with Crippen LogP contribution in [0.4, 0.5) is 11.6 Å². The number of imidazole rings is 1. The van der Waals surface area contributed by atoms with Crippen LogP contribution < -0.4 is 17.2 Å². The van der Waals surface area contributed by atoms with Crippen molar-refractivity contribution >= 4 is 50.3 Å². The first kappa shape index (κ1) is 43.4. The molecule has 27 heteroatoms. The predicted octanol–water partition coefficient (Wildman–Crippen LogP) is -0.0995. The van der Waals surface area contributed by atoms with Crippen molar-refractivity contribution in [2.24, 2.45) is 0 Å². The van der Waals surface area contributed by atoms with Crippen molar-refractivity contribution in [1.82, 2.24) is 34.0 Å². The molecule has 25 nitrogen and oxygen atoms in total. The molecule has 0 bridgehead atoms. The fourth-order valence-electron chi connectivity index (χ4n) is 6.34. The first-order valence-corrected chi connectivity index (χ1v) is 20.6. The van der Waals surface area contributed by atoms with Crippen LogP contribution in [-0.4, -0.2) is 130 Å². The maximum Gasteiger partial charge on any atom is 0.477 e. The molecule has 9 atom stereocenters. The molecule has 0 aliphatic carbocycles. The highest BCUT2D eigenvalue weighted by Gasteiger charge is 2.52. The van der Waals surface area contributed by atoms with Gasteiger partial charge in [0.1, 0.15) is 48.3 Å². The van der Waals surface area contributed by atoms with Crippen LogP contribution in [0.3, 0.4) is 0 Å². The molecule has 0 spiro atoms. The number of anilines is 2. The number of phosphoric acid groups is 2. The Labute approximate surface area is 329 Å². The van der Waals surface area contributed by atoms with Gasteiger partial charge in [0, 0.05) is 26.1 Å². The molecular weight excluding hydrogens is 816 g/mol. The van der Waals surface area contributed by atoms with E-state index < -0.39 is 108 Å². The number of hydrogen-bond acceptors (Lipinski definition) is 20. The third kappa shape index (κ3) is 9.79. The molecule has 0 radical (unpaired) electrons. The van der Waals surface area contributed by atoms with Crippen molar-refractivity contribution < 1.29 is 70.7 Å². The number of nitrogens with zero attached hydrogens (tertiary/aromatic N) is 7. The van der Waals surface area contributed by atoms with E-state index in [4.69, 9.17) is 44.0 Å². The van der Waals surface area contributed by atoms with Crippen molar-refractivity contribution in [1.29, 1.82) is 0 Å². The summed E-state index contributed by atoms with van der Waals surface area (Å²) >= 11 is 0. The van der Waals surface area contributed by atoms with Gasteiger partial charge < -0.3 is 50.2 Å². The van der Waals surface area contributed by atoms with Crippen LogP contribution in [-0.2, 0) is 55.8 Å². The number of fused-ring (bicyclic) bond motifs is 2. The van der Waals surface area contributed by atoms with Crippen molar-refractivity contribution in [3.63, 3.8) is 0 Å². The molecule has 58 heavy (non-hydrogen) atoms. The number of nitrogens with two attached hydrogens (primary N) is 2. The van der Waals surface area contributed by atoms with Crippen molar-refractivity contribution in [3.05, 3.63) is 48.1 Å². The Morgan fingerprint density at radius 2 is 1.95 bits per heavy atom. The summed E-state index contributed by atoms with van der Waals surface area (Å²) in [6.45, 7) is 4.07. The highest BCUT2D eigenvalue weighted by Crippen LogP contribution is 2.57. The van der Waals surface area contributed by atoms with Gasteiger partial charge in [-0.1, -0.05) is 6.08 Å². The first-order chi connectivity index (χ1) is 27.3. The third-order valence-electron chi connectivity index (χ3n) is 9.25. The number of esters is 1. The quantitative estimate of drug-likeness (QED) is 0.0954. The van der Waals surface area contributed by atoms with Gasteiger partial charge in [-0.2, -0.15) is 4.98 Å². The van der Waals surface area contributed by atoms with Crippen LogP contribution in [0.25, 0.3) is 11.2 Å². The second-order valence-electron chi connectivity index (χ2n) is 13.8. The van der Waals surface area contributed by atoms with E-state index in [1.54, 1.807) is 0 Å². The molecule has 0 aromatic carbocycles. The van der Waals surface area contributed by atoms with Crippen LogP contribution in [0, 0.1) is 0 Å². The lowest BCUT2D eigenvalue weighted by atomic mass is 10.1.